The van der Waals surface area contributed by atoms with Crippen molar-refractivity contribution in [3.8, 4) is 0 Å². The lowest BCUT2D eigenvalue weighted by Gasteiger charge is -2.25. The topological polar surface area (TPSA) is 62.3 Å². The third-order valence-corrected chi connectivity index (χ3v) is 4.68. The number of hydrogen-bond acceptors (Lipinski definition) is 4. The minimum absolute atomic E-state index is 0.0170. The summed E-state index contributed by atoms with van der Waals surface area (Å²) in [5, 5.41) is 5.20. The van der Waals surface area contributed by atoms with Crippen LogP contribution in [0.25, 0.3) is 0 Å². The lowest BCUT2D eigenvalue weighted by atomic mass is 9.95. The molecule has 1 heterocycles. The van der Waals surface area contributed by atoms with E-state index < -0.39 is 0 Å². The molecule has 1 unspecified atom stereocenters. The summed E-state index contributed by atoms with van der Waals surface area (Å²) in [6.45, 7) is 6.28. The highest BCUT2D eigenvalue weighted by atomic mass is 32.1. The predicted molar refractivity (Wildman–Crippen MR) is 97.2 cm³/mol. The van der Waals surface area contributed by atoms with Crippen LogP contribution in [0.3, 0.4) is 0 Å². The molecule has 0 aliphatic heterocycles. The average molecular weight is 345 g/mol. The number of anilines is 1. The Bertz CT molecular complexity index is 685. The maximum atomic E-state index is 12.8. The van der Waals surface area contributed by atoms with Gasteiger partial charge < -0.3 is 10.2 Å². The molecule has 0 saturated carbocycles. The molecule has 0 bridgehead atoms. The SMILES string of the molecule is CCC(C(=O)N(CC)CC(=O)Nc1nc(C)cs1)c1ccccc1. The highest BCUT2D eigenvalue weighted by Gasteiger charge is 2.25. The molecule has 0 aliphatic carbocycles. The van der Waals surface area contributed by atoms with Gasteiger partial charge in [-0.1, -0.05) is 37.3 Å². The first-order chi connectivity index (χ1) is 11.5. The molecule has 2 rings (SSSR count). The van der Waals surface area contributed by atoms with Gasteiger partial charge in [0.2, 0.25) is 11.8 Å². The number of amides is 2. The van der Waals surface area contributed by atoms with E-state index in [0.29, 0.717) is 18.1 Å². The smallest absolute Gasteiger partial charge is 0.245 e. The van der Waals surface area contributed by atoms with Gasteiger partial charge in [-0.3, -0.25) is 9.59 Å². The molecule has 6 heteroatoms. The molecule has 0 saturated heterocycles. The summed E-state index contributed by atoms with van der Waals surface area (Å²) >= 11 is 1.38. The van der Waals surface area contributed by atoms with Crippen molar-refractivity contribution in [2.24, 2.45) is 0 Å². The van der Waals surface area contributed by atoms with Crippen LogP contribution >= 0.6 is 11.3 Å². The third kappa shape index (κ3) is 4.64. The van der Waals surface area contributed by atoms with Gasteiger partial charge in [0.25, 0.3) is 0 Å². The molecule has 0 radical (unpaired) electrons. The Morgan fingerprint density at radius 2 is 1.96 bits per heavy atom. The normalized spacial score (nSPS) is 11.8. The predicted octanol–water partition coefficient (Wildman–Crippen LogP) is 3.43. The highest BCUT2D eigenvalue weighted by molar-refractivity contribution is 7.13. The maximum absolute atomic E-state index is 12.8. The second kappa shape index (κ2) is 8.59. The minimum atomic E-state index is -0.221. The molecule has 0 spiro atoms. The number of hydrogen-bond donors (Lipinski definition) is 1. The fourth-order valence-electron chi connectivity index (χ4n) is 2.55. The molecule has 1 N–H and O–H groups in total. The Hall–Kier alpha value is -2.21. The summed E-state index contributed by atoms with van der Waals surface area (Å²) in [7, 11) is 0. The van der Waals surface area contributed by atoms with Gasteiger partial charge in [-0.05, 0) is 25.8 Å². The van der Waals surface area contributed by atoms with Crippen LogP contribution < -0.4 is 5.32 Å². The number of nitrogens with one attached hydrogen (secondary N) is 1. The van der Waals surface area contributed by atoms with Crippen LogP contribution in [0.15, 0.2) is 35.7 Å². The van der Waals surface area contributed by atoms with Gasteiger partial charge in [-0.15, -0.1) is 11.3 Å². The monoisotopic (exact) mass is 345 g/mol. The summed E-state index contributed by atoms with van der Waals surface area (Å²) < 4.78 is 0. The summed E-state index contributed by atoms with van der Waals surface area (Å²) in [6, 6.07) is 9.70. The fraction of sp³-hybridized carbons (Fsp3) is 0.389. The van der Waals surface area contributed by atoms with Gasteiger partial charge in [0, 0.05) is 11.9 Å². The van der Waals surface area contributed by atoms with Crippen molar-refractivity contribution < 1.29 is 9.59 Å². The number of rotatable bonds is 7. The number of aryl methyl sites for hydroxylation is 1. The molecule has 0 aliphatic rings. The quantitative estimate of drug-likeness (QED) is 0.836. The largest absolute Gasteiger partial charge is 0.333 e. The molecule has 1 aromatic carbocycles. The van der Waals surface area contributed by atoms with E-state index in [0.717, 1.165) is 11.3 Å². The van der Waals surface area contributed by atoms with Crippen molar-refractivity contribution in [3.05, 3.63) is 47.0 Å². The summed E-state index contributed by atoms with van der Waals surface area (Å²) in [6.07, 6.45) is 0.701. The number of carbonyl (C=O) groups excluding carboxylic acids is 2. The van der Waals surface area contributed by atoms with E-state index in [9.17, 15) is 9.59 Å². The Balaban J connectivity index is 2.03. The van der Waals surface area contributed by atoms with Crippen molar-refractivity contribution >= 4 is 28.3 Å². The van der Waals surface area contributed by atoms with Gasteiger partial charge in [0.1, 0.15) is 0 Å². The Morgan fingerprint density at radius 3 is 2.50 bits per heavy atom. The summed E-state index contributed by atoms with van der Waals surface area (Å²) in [5.41, 5.74) is 1.85. The fourth-order valence-corrected chi connectivity index (χ4v) is 3.25. The van der Waals surface area contributed by atoms with Crippen LogP contribution in [-0.2, 0) is 9.59 Å². The van der Waals surface area contributed by atoms with E-state index in [2.05, 4.69) is 10.3 Å². The van der Waals surface area contributed by atoms with Crippen molar-refractivity contribution in [1.82, 2.24) is 9.88 Å². The third-order valence-electron chi connectivity index (χ3n) is 3.80. The Morgan fingerprint density at radius 1 is 1.25 bits per heavy atom. The van der Waals surface area contributed by atoms with Crippen molar-refractivity contribution in [2.45, 2.75) is 33.1 Å². The van der Waals surface area contributed by atoms with E-state index in [4.69, 9.17) is 0 Å². The van der Waals surface area contributed by atoms with Crippen LogP contribution in [0.5, 0.6) is 0 Å². The number of thiazole rings is 1. The Kier molecular flexibility index (Phi) is 6.49. The molecule has 1 atom stereocenters. The molecule has 1 aromatic heterocycles. The molecule has 128 valence electrons. The van der Waals surface area contributed by atoms with E-state index >= 15 is 0 Å². The zero-order chi connectivity index (χ0) is 17.5. The zero-order valence-corrected chi connectivity index (χ0v) is 15.1. The van der Waals surface area contributed by atoms with Crippen LogP contribution in [0.1, 0.15) is 37.4 Å². The van der Waals surface area contributed by atoms with Crippen LogP contribution in [0.2, 0.25) is 0 Å². The van der Waals surface area contributed by atoms with Gasteiger partial charge in [0.05, 0.1) is 18.2 Å². The van der Waals surface area contributed by atoms with Gasteiger partial charge in [0.15, 0.2) is 5.13 Å². The number of nitrogens with zero attached hydrogens (tertiary/aromatic N) is 2. The first-order valence-electron chi connectivity index (χ1n) is 8.10. The van der Waals surface area contributed by atoms with Gasteiger partial charge >= 0.3 is 0 Å². The molecular formula is C18H23N3O2S. The van der Waals surface area contributed by atoms with Crippen molar-refractivity contribution in [3.63, 3.8) is 0 Å². The van der Waals surface area contributed by atoms with Crippen molar-refractivity contribution in [1.29, 1.82) is 0 Å². The van der Waals surface area contributed by atoms with Crippen LogP contribution in [-0.4, -0.2) is 34.8 Å². The molecule has 0 fully saturated rings. The lowest BCUT2D eigenvalue weighted by molar-refractivity contribution is -0.135. The van der Waals surface area contributed by atoms with E-state index in [1.165, 1.54) is 11.3 Å². The van der Waals surface area contributed by atoms with E-state index in [-0.39, 0.29) is 24.3 Å². The van der Waals surface area contributed by atoms with Crippen LogP contribution in [0.4, 0.5) is 5.13 Å². The second-order valence-corrected chi connectivity index (χ2v) is 6.42. The summed E-state index contributed by atoms with van der Waals surface area (Å²) in [5.74, 6) is -0.458. The highest BCUT2D eigenvalue weighted by Crippen LogP contribution is 2.22. The number of aromatic nitrogens is 1. The lowest BCUT2D eigenvalue weighted by Crippen LogP contribution is -2.40. The Labute approximate surface area is 146 Å². The molecule has 2 amide bonds. The van der Waals surface area contributed by atoms with Crippen LogP contribution in [0, 0.1) is 6.92 Å². The summed E-state index contributed by atoms with van der Waals surface area (Å²) in [4.78, 5) is 30.8. The van der Waals surface area contributed by atoms with Gasteiger partial charge in [-0.2, -0.15) is 0 Å². The molecule has 2 aromatic rings. The first kappa shape index (κ1) is 18.1. The second-order valence-electron chi connectivity index (χ2n) is 5.57. The van der Waals surface area contributed by atoms with Crippen molar-refractivity contribution in [2.75, 3.05) is 18.4 Å². The molecule has 5 nitrogen and oxygen atoms in total. The number of benzene rings is 1. The van der Waals surface area contributed by atoms with E-state index in [1.54, 1.807) is 4.90 Å². The van der Waals surface area contributed by atoms with Gasteiger partial charge in [-0.25, -0.2) is 4.98 Å². The maximum Gasteiger partial charge on any atom is 0.245 e. The number of likely N-dealkylation sites (N-methyl/N-ethyl adjacent to an activating group) is 1. The minimum Gasteiger partial charge on any atom is -0.333 e. The number of carbonyl (C=O) groups is 2. The first-order valence-corrected chi connectivity index (χ1v) is 8.98. The molecule has 24 heavy (non-hydrogen) atoms. The zero-order valence-electron chi connectivity index (χ0n) is 14.3. The van der Waals surface area contributed by atoms with E-state index in [1.807, 2.05) is 56.5 Å². The molecular weight excluding hydrogens is 322 g/mol. The standard InChI is InChI=1S/C18H23N3O2S/c1-4-15(14-9-7-6-8-10-14)17(23)21(5-2)11-16(22)20-18-19-13(3)12-24-18/h6-10,12,15H,4-5,11H2,1-3H3,(H,19,20,22). The average Bonchev–Trinajstić information content (AvgIpc) is 2.99.